The maximum absolute atomic E-state index is 12.2. The summed E-state index contributed by atoms with van der Waals surface area (Å²) in [6.07, 6.45) is 1.34. The molecule has 114 valence electrons. The normalized spacial score (nSPS) is 22.2. The Balaban J connectivity index is 1.82. The molecule has 22 heavy (non-hydrogen) atoms. The van der Waals surface area contributed by atoms with Gasteiger partial charge >= 0.3 is 0 Å². The number of rotatable bonds is 4. The molecule has 1 aromatic heterocycles. The summed E-state index contributed by atoms with van der Waals surface area (Å²) in [7, 11) is 0. The molecule has 0 spiro atoms. The predicted molar refractivity (Wildman–Crippen MR) is 81.6 cm³/mol. The Labute approximate surface area is 128 Å². The maximum Gasteiger partial charge on any atom is 0.151 e. The van der Waals surface area contributed by atoms with Crippen LogP contribution in [-0.2, 0) is 14.4 Å². The molecular formula is C18H18O4. The van der Waals surface area contributed by atoms with Gasteiger partial charge in [-0.1, -0.05) is 25.1 Å². The molecule has 0 saturated heterocycles. The van der Waals surface area contributed by atoms with Crippen LogP contribution in [0.15, 0.2) is 34.7 Å². The van der Waals surface area contributed by atoms with Crippen LogP contribution in [0.1, 0.15) is 44.3 Å². The third-order valence-electron chi connectivity index (χ3n) is 4.20. The van der Waals surface area contributed by atoms with Gasteiger partial charge in [0.15, 0.2) is 17.3 Å². The zero-order valence-corrected chi connectivity index (χ0v) is 12.5. The Morgan fingerprint density at radius 1 is 1.18 bits per heavy atom. The highest BCUT2D eigenvalue weighted by Crippen LogP contribution is 2.35. The number of ketones is 3. The van der Waals surface area contributed by atoms with Crippen LogP contribution < -0.4 is 0 Å². The van der Waals surface area contributed by atoms with Crippen molar-refractivity contribution in [3.05, 3.63) is 36.1 Å². The van der Waals surface area contributed by atoms with Gasteiger partial charge in [0.05, 0.1) is 0 Å². The van der Waals surface area contributed by atoms with Crippen LogP contribution >= 0.6 is 0 Å². The van der Waals surface area contributed by atoms with Gasteiger partial charge in [0.2, 0.25) is 0 Å². The van der Waals surface area contributed by atoms with Crippen molar-refractivity contribution in [2.24, 2.45) is 5.92 Å². The van der Waals surface area contributed by atoms with Crippen LogP contribution in [0.3, 0.4) is 0 Å². The first-order chi connectivity index (χ1) is 10.6. The highest BCUT2D eigenvalue weighted by molar-refractivity contribution is 6.20. The Morgan fingerprint density at radius 2 is 1.86 bits per heavy atom. The van der Waals surface area contributed by atoms with E-state index in [4.69, 9.17) is 4.42 Å². The number of hydrogen-bond acceptors (Lipinski definition) is 4. The summed E-state index contributed by atoms with van der Waals surface area (Å²) in [4.78, 5) is 36.4. The minimum atomic E-state index is -1.04. The second-order valence-corrected chi connectivity index (χ2v) is 5.87. The first-order valence-corrected chi connectivity index (χ1v) is 7.66. The molecule has 0 unspecified atom stereocenters. The van der Waals surface area contributed by atoms with Crippen LogP contribution in [0.4, 0.5) is 0 Å². The van der Waals surface area contributed by atoms with E-state index in [1.54, 1.807) is 0 Å². The number of Topliss-reactive ketones (excluding diaryl/α,β-unsaturated/α-hetero) is 3. The molecule has 1 aromatic carbocycles. The molecule has 0 amide bonds. The van der Waals surface area contributed by atoms with Gasteiger partial charge in [-0.3, -0.25) is 14.4 Å². The minimum Gasteiger partial charge on any atom is -0.461 e. The largest absolute Gasteiger partial charge is 0.461 e. The van der Waals surface area contributed by atoms with Gasteiger partial charge in [-0.2, -0.15) is 0 Å². The van der Waals surface area contributed by atoms with Crippen LogP contribution in [0.2, 0.25) is 0 Å². The number of para-hydroxylation sites is 1. The summed E-state index contributed by atoms with van der Waals surface area (Å²) in [5.41, 5.74) is 0.751. The molecule has 1 heterocycles. The molecule has 0 atom stereocenters. The Hall–Kier alpha value is -2.23. The Bertz CT molecular complexity index is 689. The fourth-order valence-corrected chi connectivity index (χ4v) is 3.13. The zero-order chi connectivity index (χ0) is 15.7. The van der Waals surface area contributed by atoms with E-state index in [2.05, 4.69) is 0 Å². The van der Waals surface area contributed by atoms with Crippen molar-refractivity contribution in [1.82, 2.24) is 0 Å². The second-order valence-electron chi connectivity index (χ2n) is 5.87. The molecule has 4 nitrogen and oxygen atoms in total. The lowest BCUT2D eigenvalue weighted by Crippen LogP contribution is -2.37. The lowest BCUT2D eigenvalue weighted by Gasteiger charge is -2.24. The van der Waals surface area contributed by atoms with Crippen molar-refractivity contribution >= 4 is 28.3 Å². The molecule has 1 saturated carbocycles. The van der Waals surface area contributed by atoms with E-state index in [1.807, 2.05) is 37.3 Å². The van der Waals surface area contributed by atoms with E-state index >= 15 is 0 Å². The molecule has 0 N–H and O–H groups in total. The first-order valence-electron chi connectivity index (χ1n) is 7.66. The van der Waals surface area contributed by atoms with Gasteiger partial charge in [-0.05, 0) is 18.6 Å². The number of furan rings is 1. The molecule has 0 bridgehead atoms. The average molecular weight is 298 g/mol. The van der Waals surface area contributed by atoms with Gasteiger partial charge in [0.1, 0.15) is 17.3 Å². The maximum atomic E-state index is 12.2. The SMILES string of the molecule is CCCC(=O)C1C(=O)CC(c2cc3ccccc3o2)CC1=O. The molecule has 3 rings (SSSR count). The lowest BCUT2D eigenvalue weighted by atomic mass is 9.76. The summed E-state index contributed by atoms with van der Waals surface area (Å²) in [5, 5.41) is 0.960. The third-order valence-corrected chi connectivity index (χ3v) is 4.20. The van der Waals surface area contributed by atoms with Crippen LogP contribution in [0.25, 0.3) is 11.0 Å². The van der Waals surface area contributed by atoms with E-state index in [0.717, 1.165) is 11.0 Å². The number of carbonyl (C=O) groups excluding carboxylic acids is 3. The number of benzene rings is 1. The van der Waals surface area contributed by atoms with Crippen LogP contribution in [0, 0.1) is 5.92 Å². The Morgan fingerprint density at radius 3 is 2.50 bits per heavy atom. The standard InChI is InChI=1S/C18H18O4/c1-2-5-13(19)18-14(20)8-12(9-15(18)21)17-10-11-6-3-4-7-16(11)22-17/h3-4,6-7,10,12,18H,2,5,8-9H2,1H3. The molecule has 4 heteroatoms. The van der Waals surface area contributed by atoms with Crippen molar-refractivity contribution in [1.29, 1.82) is 0 Å². The average Bonchev–Trinajstić information content (AvgIpc) is 2.90. The zero-order valence-electron chi connectivity index (χ0n) is 12.5. The molecule has 0 aliphatic heterocycles. The van der Waals surface area contributed by atoms with Crippen LogP contribution in [-0.4, -0.2) is 17.3 Å². The molecule has 1 fully saturated rings. The quantitative estimate of drug-likeness (QED) is 0.811. The highest BCUT2D eigenvalue weighted by atomic mass is 16.3. The van der Waals surface area contributed by atoms with Crippen molar-refractivity contribution in [3.63, 3.8) is 0 Å². The summed E-state index contributed by atoms with van der Waals surface area (Å²) in [6, 6.07) is 9.47. The van der Waals surface area contributed by atoms with E-state index in [9.17, 15) is 14.4 Å². The lowest BCUT2D eigenvalue weighted by molar-refractivity contribution is -0.142. The summed E-state index contributed by atoms with van der Waals surface area (Å²) in [5.74, 6) is -1.40. The topological polar surface area (TPSA) is 64.3 Å². The van der Waals surface area contributed by atoms with Crippen molar-refractivity contribution < 1.29 is 18.8 Å². The van der Waals surface area contributed by atoms with E-state index in [-0.39, 0.29) is 42.5 Å². The van der Waals surface area contributed by atoms with E-state index < -0.39 is 5.92 Å². The van der Waals surface area contributed by atoms with Crippen LogP contribution in [0.5, 0.6) is 0 Å². The smallest absolute Gasteiger partial charge is 0.151 e. The summed E-state index contributed by atoms with van der Waals surface area (Å²) < 4.78 is 5.76. The fourth-order valence-electron chi connectivity index (χ4n) is 3.13. The van der Waals surface area contributed by atoms with Gasteiger partial charge in [-0.25, -0.2) is 0 Å². The van der Waals surface area contributed by atoms with Gasteiger partial charge < -0.3 is 4.42 Å². The summed E-state index contributed by atoms with van der Waals surface area (Å²) >= 11 is 0. The van der Waals surface area contributed by atoms with Crippen molar-refractivity contribution in [2.45, 2.75) is 38.5 Å². The number of carbonyl (C=O) groups is 3. The van der Waals surface area contributed by atoms with Gasteiger partial charge in [-0.15, -0.1) is 0 Å². The summed E-state index contributed by atoms with van der Waals surface area (Å²) in [6.45, 7) is 1.87. The number of hydrogen-bond donors (Lipinski definition) is 0. The fraction of sp³-hybridized carbons (Fsp3) is 0.389. The van der Waals surface area contributed by atoms with E-state index in [1.165, 1.54) is 0 Å². The second kappa shape index (κ2) is 5.87. The predicted octanol–water partition coefficient (Wildman–Crippen LogP) is 3.43. The molecule has 0 radical (unpaired) electrons. The molecule has 1 aliphatic rings. The van der Waals surface area contributed by atoms with Gasteiger partial charge in [0.25, 0.3) is 0 Å². The third kappa shape index (κ3) is 2.61. The van der Waals surface area contributed by atoms with E-state index in [0.29, 0.717) is 12.2 Å². The highest BCUT2D eigenvalue weighted by Gasteiger charge is 2.40. The monoisotopic (exact) mass is 298 g/mol. The first kappa shape index (κ1) is 14.7. The molecular weight excluding hydrogens is 280 g/mol. The minimum absolute atomic E-state index is 0.200. The number of fused-ring (bicyclic) bond motifs is 1. The van der Waals surface area contributed by atoms with Gasteiger partial charge in [0, 0.05) is 30.6 Å². The Kier molecular flexibility index (Phi) is 3.92. The van der Waals surface area contributed by atoms with Crippen molar-refractivity contribution in [3.8, 4) is 0 Å². The van der Waals surface area contributed by atoms with Crippen molar-refractivity contribution in [2.75, 3.05) is 0 Å². The molecule has 2 aromatic rings. The molecule has 1 aliphatic carbocycles.